The minimum absolute atomic E-state index is 0.323. The van der Waals surface area contributed by atoms with Crippen LogP contribution in [0.15, 0.2) is 36.5 Å². The van der Waals surface area contributed by atoms with Gasteiger partial charge in [-0.3, -0.25) is 0 Å². The summed E-state index contributed by atoms with van der Waals surface area (Å²) in [5.74, 6) is -1.16. The number of carbonyl (C=O) groups is 1. The maximum Gasteiger partial charge on any atom is 0.333 e. The Morgan fingerprint density at radius 1 is 1.41 bits per heavy atom. The molecular weight excluding hydrogens is 216 g/mol. The molecule has 0 bridgehead atoms. The Hall–Kier alpha value is -1.35. The third kappa shape index (κ3) is 4.57. The molecule has 1 atom stereocenters. The summed E-state index contributed by atoms with van der Waals surface area (Å²) >= 11 is 0. The van der Waals surface area contributed by atoms with E-state index in [-0.39, 0.29) is 5.97 Å². The second-order valence-electron chi connectivity index (χ2n) is 3.81. The Balaban J connectivity index is 2.38. The highest BCUT2D eigenvalue weighted by atomic mass is 16.7. The molecular formula is C14H20O3. The predicted octanol–water partition coefficient (Wildman–Crippen LogP) is 3.13. The molecule has 0 aromatic heterocycles. The van der Waals surface area contributed by atoms with Crippen LogP contribution in [0, 0.1) is 0 Å². The zero-order valence-corrected chi connectivity index (χ0v) is 10.5. The molecule has 1 aliphatic heterocycles. The first-order valence-electron chi connectivity index (χ1n) is 6.05. The zero-order chi connectivity index (χ0) is 12.6. The topological polar surface area (TPSA) is 35.5 Å². The van der Waals surface area contributed by atoms with Crippen molar-refractivity contribution in [2.24, 2.45) is 0 Å². The SMILES string of the molecule is C/C=C/C/C=C/CC[C@@]1(OCC)C=CC(=O)O1. The molecule has 0 amide bonds. The van der Waals surface area contributed by atoms with Crippen LogP contribution in [0.2, 0.25) is 0 Å². The van der Waals surface area contributed by atoms with Gasteiger partial charge in [0.1, 0.15) is 0 Å². The lowest BCUT2D eigenvalue weighted by Gasteiger charge is -2.25. The van der Waals surface area contributed by atoms with Crippen molar-refractivity contribution >= 4 is 5.97 Å². The average Bonchev–Trinajstić information content (AvgIpc) is 2.66. The van der Waals surface area contributed by atoms with Gasteiger partial charge in [-0.2, -0.15) is 0 Å². The van der Waals surface area contributed by atoms with E-state index in [9.17, 15) is 4.79 Å². The lowest BCUT2D eigenvalue weighted by Crippen LogP contribution is -2.31. The number of rotatable bonds is 7. The fraction of sp³-hybridized carbons (Fsp3) is 0.500. The van der Waals surface area contributed by atoms with Gasteiger partial charge in [0, 0.05) is 19.1 Å². The van der Waals surface area contributed by atoms with Gasteiger partial charge in [-0.15, -0.1) is 0 Å². The number of hydrogen-bond acceptors (Lipinski definition) is 3. The Morgan fingerprint density at radius 3 is 2.82 bits per heavy atom. The highest BCUT2D eigenvalue weighted by Crippen LogP contribution is 2.27. The molecule has 3 nitrogen and oxygen atoms in total. The maximum absolute atomic E-state index is 11.1. The van der Waals surface area contributed by atoms with E-state index in [1.54, 1.807) is 6.08 Å². The second kappa shape index (κ2) is 7.07. The second-order valence-corrected chi connectivity index (χ2v) is 3.81. The first-order chi connectivity index (χ1) is 8.22. The van der Waals surface area contributed by atoms with Gasteiger partial charge in [0.25, 0.3) is 0 Å². The molecule has 0 saturated carbocycles. The number of ether oxygens (including phenoxy) is 2. The molecule has 0 aromatic carbocycles. The molecule has 3 heteroatoms. The van der Waals surface area contributed by atoms with Crippen molar-refractivity contribution in [1.82, 2.24) is 0 Å². The maximum atomic E-state index is 11.1. The third-order valence-electron chi connectivity index (χ3n) is 2.47. The normalized spacial score (nSPS) is 24.0. The van der Waals surface area contributed by atoms with E-state index in [1.165, 1.54) is 6.08 Å². The van der Waals surface area contributed by atoms with Gasteiger partial charge < -0.3 is 9.47 Å². The number of esters is 1. The summed E-state index contributed by atoms with van der Waals surface area (Å²) in [6, 6.07) is 0. The quantitative estimate of drug-likeness (QED) is 0.503. The van der Waals surface area contributed by atoms with Crippen LogP contribution in [0.5, 0.6) is 0 Å². The van der Waals surface area contributed by atoms with Crippen LogP contribution in [0.4, 0.5) is 0 Å². The number of hydrogen-bond donors (Lipinski definition) is 0. The predicted molar refractivity (Wildman–Crippen MR) is 67.4 cm³/mol. The standard InChI is InChI=1S/C14H20O3/c1-3-5-6-7-8-9-11-14(16-4-2)12-10-13(15)17-14/h3,5,7-8,10,12H,4,6,9,11H2,1-2H3/b5-3+,8-7+/t14-/m0/s1. The van der Waals surface area contributed by atoms with E-state index in [1.807, 2.05) is 19.9 Å². The highest BCUT2D eigenvalue weighted by molar-refractivity contribution is 5.84. The molecule has 0 aromatic rings. The van der Waals surface area contributed by atoms with Crippen LogP contribution >= 0.6 is 0 Å². The number of cyclic esters (lactones) is 1. The monoisotopic (exact) mass is 236 g/mol. The highest BCUT2D eigenvalue weighted by Gasteiger charge is 2.35. The Morgan fingerprint density at radius 2 is 2.24 bits per heavy atom. The van der Waals surface area contributed by atoms with E-state index in [4.69, 9.17) is 9.47 Å². The molecule has 0 saturated heterocycles. The smallest absolute Gasteiger partial charge is 0.333 e. The third-order valence-corrected chi connectivity index (χ3v) is 2.47. The lowest BCUT2D eigenvalue weighted by molar-refractivity contribution is -0.198. The summed E-state index contributed by atoms with van der Waals surface area (Å²) in [7, 11) is 0. The first kappa shape index (κ1) is 13.7. The van der Waals surface area contributed by atoms with Crippen LogP contribution in [0.3, 0.4) is 0 Å². The zero-order valence-electron chi connectivity index (χ0n) is 10.5. The molecule has 1 heterocycles. The van der Waals surface area contributed by atoms with Gasteiger partial charge in [0.15, 0.2) is 0 Å². The average molecular weight is 236 g/mol. The van der Waals surface area contributed by atoms with E-state index in [0.29, 0.717) is 13.0 Å². The van der Waals surface area contributed by atoms with Crippen LogP contribution in [0.25, 0.3) is 0 Å². The van der Waals surface area contributed by atoms with Gasteiger partial charge in [-0.1, -0.05) is 24.3 Å². The van der Waals surface area contributed by atoms with Gasteiger partial charge in [-0.25, -0.2) is 4.79 Å². The summed E-state index contributed by atoms with van der Waals surface area (Å²) in [5.41, 5.74) is 0. The first-order valence-corrected chi connectivity index (χ1v) is 6.05. The molecule has 1 rings (SSSR count). The largest absolute Gasteiger partial charge is 0.426 e. The van der Waals surface area contributed by atoms with E-state index in [2.05, 4.69) is 18.2 Å². The van der Waals surface area contributed by atoms with E-state index in [0.717, 1.165) is 12.8 Å². The molecule has 0 N–H and O–H groups in total. The molecule has 17 heavy (non-hydrogen) atoms. The molecule has 0 fully saturated rings. The Kier molecular flexibility index (Phi) is 5.70. The summed E-state index contributed by atoms with van der Waals surface area (Å²) in [4.78, 5) is 11.1. The molecule has 94 valence electrons. The summed E-state index contributed by atoms with van der Waals surface area (Å²) in [6.45, 7) is 4.42. The van der Waals surface area contributed by atoms with Crippen molar-refractivity contribution in [3.8, 4) is 0 Å². The summed E-state index contributed by atoms with van der Waals surface area (Å²) in [5, 5.41) is 0. The lowest BCUT2D eigenvalue weighted by atomic mass is 10.1. The van der Waals surface area contributed by atoms with Crippen molar-refractivity contribution in [3.63, 3.8) is 0 Å². The molecule has 0 aliphatic carbocycles. The number of carbonyl (C=O) groups excluding carboxylic acids is 1. The van der Waals surface area contributed by atoms with Gasteiger partial charge in [0.2, 0.25) is 5.79 Å². The van der Waals surface area contributed by atoms with Crippen molar-refractivity contribution < 1.29 is 14.3 Å². The van der Waals surface area contributed by atoms with Gasteiger partial charge >= 0.3 is 5.97 Å². The van der Waals surface area contributed by atoms with Crippen molar-refractivity contribution in [3.05, 3.63) is 36.5 Å². The van der Waals surface area contributed by atoms with E-state index >= 15 is 0 Å². The van der Waals surface area contributed by atoms with Crippen LogP contribution < -0.4 is 0 Å². The summed E-state index contributed by atoms with van der Waals surface area (Å²) < 4.78 is 10.7. The van der Waals surface area contributed by atoms with E-state index < -0.39 is 5.79 Å². The fourth-order valence-corrected chi connectivity index (χ4v) is 1.67. The van der Waals surface area contributed by atoms with Gasteiger partial charge in [0.05, 0.1) is 0 Å². The van der Waals surface area contributed by atoms with Crippen molar-refractivity contribution in [2.75, 3.05) is 6.61 Å². The summed E-state index contributed by atoms with van der Waals surface area (Å²) in [6.07, 6.45) is 13.9. The molecule has 0 spiro atoms. The molecule has 0 radical (unpaired) electrons. The minimum Gasteiger partial charge on any atom is -0.426 e. The minimum atomic E-state index is -0.837. The van der Waals surface area contributed by atoms with Crippen LogP contribution in [-0.4, -0.2) is 18.4 Å². The molecule has 1 aliphatic rings. The van der Waals surface area contributed by atoms with Gasteiger partial charge in [-0.05, 0) is 32.8 Å². The fourth-order valence-electron chi connectivity index (χ4n) is 1.67. The van der Waals surface area contributed by atoms with Crippen molar-refractivity contribution in [1.29, 1.82) is 0 Å². The molecule has 0 unspecified atom stereocenters. The van der Waals surface area contributed by atoms with Crippen LogP contribution in [-0.2, 0) is 14.3 Å². The van der Waals surface area contributed by atoms with Crippen molar-refractivity contribution in [2.45, 2.75) is 38.9 Å². The Labute approximate surface area is 103 Å². The van der Waals surface area contributed by atoms with Crippen LogP contribution in [0.1, 0.15) is 33.1 Å². The Bertz CT molecular complexity index is 328. The number of allylic oxidation sites excluding steroid dienone is 4.